The smallest absolute Gasteiger partial charge is 0.223 e. The van der Waals surface area contributed by atoms with Gasteiger partial charge in [0.15, 0.2) is 0 Å². The second kappa shape index (κ2) is 7.25. The Bertz CT molecular complexity index is 485. The number of aryl methyl sites for hydroxylation is 1. The molecule has 21 heavy (non-hydrogen) atoms. The fraction of sp³-hybridized carbons (Fsp3) is 0.529. The first kappa shape index (κ1) is 15.5. The fourth-order valence-electron chi connectivity index (χ4n) is 2.69. The molecule has 1 aromatic carbocycles. The second-order valence-corrected chi connectivity index (χ2v) is 6.00. The van der Waals surface area contributed by atoms with Gasteiger partial charge in [0.2, 0.25) is 11.8 Å². The lowest BCUT2D eigenvalue weighted by Crippen LogP contribution is -2.34. The minimum absolute atomic E-state index is 0.0642. The Morgan fingerprint density at radius 1 is 1.33 bits per heavy atom. The molecule has 4 heteroatoms. The lowest BCUT2D eigenvalue weighted by atomic mass is 10.1. The number of benzene rings is 1. The van der Waals surface area contributed by atoms with Gasteiger partial charge in [-0.1, -0.05) is 30.3 Å². The van der Waals surface area contributed by atoms with E-state index in [0.717, 1.165) is 13.0 Å². The lowest BCUT2D eigenvalue weighted by molar-refractivity contribution is -0.129. The van der Waals surface area contributed by atoms with E-state index in [0.29, 0.717) is 19.4 Å². The molecule has 1 heterocycles. The van der Waals surface area contributed by atoms with E-state index >= 15 is 0 Å². The summed E-state index contributed by atoms with van der Waals surface area (Å²) in [6.07, 6.45) is 1.81. The van der Waals surface area contributed by atoms with Gasteiger partial charge in [-0.05, 0) is 25.8 Å². The number of likely N-dealkylation sites (tertiary alicyclic amines) is 1. The molecule has 1 saturated heterocycles. The predicted molar refractivity (Wildman–Crippen MR) is 82.7 cm³/mol. The van der Waals surface area contributed by atoms with Crippen LogP contribution in [0, 0.1) is 5.92 Å². The Hall–Kier alpha value is -1.84. The van der Waals surface area contributed by atoms with Crippen molar-refractivity contribution in [1.29, 1.82) is 0 Å². The number of amides is 2. The van der Waals surface area contributed by atoms with E-state index in [1.54, 1.807) is 0 Å². The van der Waals surface area contributed by atoms with Gasteiger partial charge in [0, 0.05) is 37.9 Å². The highest BCUT2D eigenvalue weighted by Crippen LogP contribution is 2.19. The van der Waals surface area contributed by atoms with Gasteiger partial charge in [-0.3, -0.25) is 9.59 Å². The molecule has 2 rings (SSSR count). The van der Waals surface area contributed by atoms with Crippen molar-refractivity contribution in [3.05, 3.63) is 35.9 Å². The summed E-state index contributed by atoms with van der Waals surface area (Å²) in [5, 5.41) is 2.96. The molecule has 1 fully saturated rings. The Labute approximate surface area is 126 Å². The predicted octanol–water partition coefficient (Wildman–Crippen LogP) is 1.99. The first-order valence-corrected chi connectivity index (χ1v) is 7.66. The van der Waals surface area contributed by atoms with E-state index in [1.807, 2.05) is 49.1 Å². The maximum Gasteiger partial charge on any atom is 0.223 e. The maximum atomic E-state index is 11.9. The quantitative estimate of drug-likeness (QED) is 0.870. The van der Waals surface area contributed by atoms with Crippen molar-refractivity contribution in [2.75, 3.05) is 13.1 Å². The average molecular weight is 288 g/mol. The van der Waals surface area contributed by atoms with Crippen LogP contribution in [0.2, 0.25) is 0 Å². The monoisotopic (exact) mass is 288 g/mol. The van der Waals surface area contributed by atoms with Crippen molar-refractivity contribution in [2.45, 2.75) is 39.2 Å². The summed E-state index contributed by atoms with van der Waals surface area (Å²) < 4.78 is 0. The number of hydrogen-bond donors (Lipinski definition) is 1. The van der Waals surface area contributed by atoms with Crippen LogP contribution in [0.15, 0.2) is 30.3 Å². The largest absolute Gasteiger partial charge is 0.356 e. The molecule has 0 aliphatic carbocycles. The molecule has 2 amide bonds. The summed E-state index contributed by atoms with van der Waals surface area (Å²) >= 11 is 0. The van der Waals surface area contributed by atoms with Gasteiger partial charge in [-0.15, -0.1) is 0 Å². The lowest BCUT2D eigenvalue weighted by Gasteiger charge is -2.21. The number of rotatable bonds is 6. The zero-order valence-corrected chi connectivity index (χ0v) is 12.8. The fourth-order valence-corrected chi connectivity index (χ4v) is 2.69. The highest BCUT2D eigenvalue weighted by molar-refractivity contribution is 5.79. The normalized spacial score (nSPS) is 18.3. The molecule has 0 radical (unpaired) electrons. The van der Waals surface area contributed by atoms with Crippen molar-refractivity contribution >= 4 is 11.8 Å². The van der Waals surface area contributed by atoms with E-state index in [-0.39, 0.29) is 23.8 Å². The maximum absolute atomic E-state index is 11.9. The molecule has 1 aliphatic heterocycles. The Balaban J connectivity index is 1.69. The third-order valence-electron chi connectivity index (χ3n) is 3.93. The minimum Gasteiger partial charge on any atom is -0.356 e. The standard InChI is InChI=1S/C17H24N2O2/c1-13(2)19-12-15(10-17(19)21)11-18-16(20)9-8-14-6-4-3-5-7-14/h3-7,13,15H,8-12H2,1-2H3,(H,18,20). The Morgan fingerprint density at radius 3 is 2.67 bits per heavy atom. The molecule has 1 atom stereocenters. The molecule has 0 bridgehead atoms. The van der Waals surface area contributed by atoms with Crippen molar-refractivity contribution in [3.63, 3.8) is 0 Å². The van der Waals surface area contributed by atoms with Crippen LogP contribution in [0.3, 0.4) is 0 Å². The van der Waals surface area contributed by atoms with Crippen molar-refractivity contribution in [2.24, 2.45) is 5.92 Å². The molecule has 1 unspecified atom stereocenters. The summed E-state index contributed by atoms with van der Waals surface area (Å²) in [6, 6.07) is 10.3. The van der Waals surface area contributed by atoms with Crippen LogP contribution in [-0.4, -0.2) is 35.8 Å². The summed E-state index contributed by atoms with van der Waals surface area (Å²) in [5.74, 6) is 0.517. The van der Waals surface area contributed by atoms with Gasteiger partial charge in [-0.25, -0.2) is 0 Å². The van der Waals surface area contributed by atoms with Crippen LogP contribution in [0.4, 0.5) is 0 Å². The SMILES string of the molecule is CC(C)N1CC(CNC(=O)CCc2ccccc2)CC1=O. The highest BCUT2D eigenvalue weighted by Gasteiger charge is 2.30. The summed E-state index contributed by atoms with van der Waals surface area (Å²) in [5.41, 5.74) is 1.18. The first-order valence-electron chi connectivity index (χ1n) is 7.66. The molecule has 0 spiro atoms. The van der Waals surface area contributed by atoms with Gasteiger partial charge >= 0.3 is 0 Å². The highest BCUT2D eigenvalue weighted by atomic mass is 16.2. The molecular weight excluding hydrogens is 264 g/mol. The Morgan fingerprint density at radius 2 is 2.05 bits per heavy atom. The third-order valence-corrected chi connectivity index (χ3v) is 3.93. The van der Waals surface area contributed by atoms with Crippen LogP contribution in [0.5, 0.6) is 0 Å². The molecular formula is C17H24N2O2. The zero-order chi connectivity index (χ0) is 15.2. The summed E-state index contributed by atoms with van der Waals surface area (Å²) in [4.78, 5) is 25.5. The molecule has 114 valence electrons. The van der Waals surface area contributed by atoms with E-state index in [9.17, 15) is 9.59 Å². The van der Waals surface area contributed by atoms with Crippen LogP contribution < -0.4 is 5.32 Å². The second-order valence-electron chi connectivity index (χ2n) is 6.00. The molecule has 4 nitrogen and oxygen atoms in total. The van der Waals surface area contributed by atoms with Crippen molar-refractivity contribution in [3.8, 4) is 0 Å². The van der Waals surface area contributed by atoms with E-state index < -0.39 is 0 Å². The van der Waals surface area contributed by atoms with E-state index in [4.69, 9.17) is 0 Å². The van der Waals surface area contributed by atoms with E-state index in [2.05, 4.69) is 5.32 Å². The summed E-state index contributed by atoms with van der Waals surface area (Å²) in [7, 11) is 0. The van der Waals surface area contributed by atoms with Crippen molar-refractivity contribution < 1.29 is 9.59 Å². The van der Waals surface area contributed by atoms with Gasteiger partial charge in [-0.2, -0.15) is 0 Å². The van der Waals surface area contributed by atoms with Crippen LogP contribution >= 0.6 is 0 Å². The molecule has 1 N–H and O–H groups in total. The Kier molecular flexibility index (Phi) is 5.37. The van der Waals surface area contributed by atoms with Gasteiger partial charge in [0.25, 0.3) is 0 Å². The van der Waals surface area contributed by atoms with Gasteiger partial charge in [0.05, 0.1) is 0 Å². The molecule has 1 aliphatic rings. The minimum atomic E-state index is 0.0642. The molecule has 1 aromatic rings. The topological polar surface area (TPSA) is 49.4 Å². The van der Waals surface area contributed by atoms with Crippen LogP contribution in [0.25, 0.3) is 0 Å². The number of carbonyl (C=O) groups excluding carboxylic acids is 2. The number of hydrogen-bond acceptors (Lipinski definition) is 2. The third kappa shape index (κ3) is 4.59. The molecule has 0 aromatic heterocycles. The zero-order valence-electron chi connectivity index (χ0n) is 12.8. The van der Waals surface area contributed by atoms with Crippen LogP contribution in [-0.2, 0) is 16.0 Å². The average Bonchev–Trinajstić information content (AvgIpc) is 2.85. The van der Waals surface area contributed by atoms with Crippen molar-refractivity contribution in [1.82, 2.24) is 10.2 Å². The molecule has 0 saturated carbocycles. The van der Waals surface area contributed by atoms with Gasteiger partial charge in [0.1, 0.15) is 0 Å². The number of carbonyl (C=O) groups is 2. The number of nitrogens with one attached hydrogen (secondary N) is 1. The van der Waals surface area contributed by atoms with E-state index in [1.165, 1.54) is 5.56 Å². The number of nitrogens with zero attached hydrogens (tertiary/aromatic N) is 1. The first-order chi connectivity index (χ1) is 10.1. The summed E-state index contributed by atoms with van der Waals surface area (Å²) in [6.45, 7) is 5.41. The van der Waals surface area contributed by atoms with Gasteiger partial charge < -0.3 is 10.2 Å². The van der Waals surface area contributed by atoms with Crippen LogP contribution in [0.1, 0.15) is 32.3 Å².